The van der Waals surface area contributed by atoms with E-state index in [-0.39, 0.29) is 0 Å². The monoisotopic (exact) mass is 841 g/mol. The van der Waals surface area contributed by atoms with E-state index in [9.17, 15) is 0 Å². The van der Waals surface area contributed by atoms with Crippen molar-refractivity contribution in [2.75, 3.05) is 4.90 Å². The molecule has 5 heteroatoms. The number of anilines is 3. The largest absolute Gasteiger partial charge is 0.456 e. The number of aromatic nitrogens is 2. The first-order chi connectivity index (χ1) is 32.7. The van der Waals surface area contributed by atoms with Gasteiger partial charge in [-0.15, -0.1) is 0 Å². The van der Waals surface area contributed by atoms with Gasteiger partial charge in [0.25, 0.3) is 0 Å². The van der Waals surface area contributed by atoms with Crippen molar-refractivity contribution in [3.8, 4) is 33.8 Å². The minimum Gasteiger partial charge on any atom is -0.456 e. The molecule has 0 atom stereocenters. The molecule has 66 heavy (non-hydrogen) atoms. The van der Waals surface area contributed by atoms with Gasteiger partial charge < -0.3 is 14.1 Å². The van der Waals surface area contributed by atoms with Gasteiger partial charge in [0.15, 0.2) is 11.5 Å². The third kappa shape index (κ3) is 5.02. The molecular formula is C61H35N3O2. The van der Waals surface area contributed by atoms with Crippen LogP contribution in [0, 0.1) is 0 Å². The summed E-state index contributed by atoms with van der Waals surface area (Å²) in [5, 5.41) is 12.9. The van der Waals surface area contributed by atoms with Crippen molar-refractivity contribution in [1.29, 1.82) is 0 Å². The predicted octanol–water partition coefficient (Wildman–Crippen LogP) is 17.1. The smallest absolute Gasteiger partial charge is 0.152 e. The lowest BCUT2D eigenvalue weighted by molar-refractivity contribution is 0.478. The van der Waals surface area contributed by atoms with E-state index in [2.05, 4.69) is 209 Å². The summed E-state index contributed by atoms with van der Waals surface area (Å²) >= 11 is 0. The topological polar surface area (TPSA) is 42.9 Å². The SMILES string of the molecule is c1ccc(N2c3ccc(-c4ccc5c(c4)oc4ccccc45)cc3Oc3cc4c5cc(-c6ccc7c(c6)c6ccccc6n6c8ccccc8nc76)ccc5c5ccccc5c4cc32)cc1. The van der Waals surface area contributed by atoms with Crippen LogP contribution in [-0.2, 0) is 0 Å². The Kier molecular flexibility index (Phi) is 7.16. The zero-order chi connectivity index (χ0) is 43.0. The second-order valence-electron chi connectivity index (χ2n) is 17.5. The zero-order valence-electron chi connectivity index (χ0n) is 35.4. The number of fused-ring (bicyclic) bond motifs is 19. The fourth-order valence-corrected chi connectivity index (χ4v) is 10.9. The highest BCUT2D eigenvalue weighted by Gasteiger charge is 2.28. The van der Waals surface area contributed by atoms with Crippen LogP contribution in [0.2, 0.25) is 0 Å². The van der Waals surface area contributed by atoms with E-state index in [1.165, 1.54) is 37.7 Å². The number of benzene rings is 11. The summed E-state index contributed by atoms with van der Waals surface area (Å²) in [5.74, 6) is 1.60. The normalized spacial score (nSPS) is 12.6. The molecule has 1 aliphatic rings. The van der Waals surface area contributed by atoms with E-state index in [4.69, 9.17) is 14.1 Å². The summed E-state index contributed by atoms with van der Waals surface area (Å²) in [6, 6.07) is 76.2. The fraction of sp³-hybridized carbons (Fsp3) is 0. The first kappa shape index (κ1) is 35.5. The number of hydrogen-bond donors (Lipinski definition) is 0. The average molecular weight is 842 g/mol. The number of rotatable bonds is 3. The second kappa shape index (κ2) is 13.3. The maximum atomic E-state index is 7.08. The molecule has 0 radical (unpaired) electrons. The van der Waals surface area contributed by atoms with Gasteiger partial charge in [0, 0.05) is 27.2 Å². The zero-order valence-corrected chi connectivity index (χ0v) is 35.4. The first-order valence-electron chi connectivity index (χ1n) is 22.4. The van der Waals surface area contributed by atoms with Crippen molar-refractivity contribution < 1.29 is 9.15 Å². The van der Waals surface area contributed by atoms with Crippen molar-refractivity contribution in [2.45, 2.75) is 0 Å². The molecule has 15 rings (SSSR count). The van der Waals surface area contributed by atoms with Gasteiger partial charge in [0.1, 0.15) is 16.8 Å². The molecular weight excluding hydrogens is 807 g/mol. The van der Waals surface area contributed by atoms with Crippen molar-refractivity contribution in [3.63, 3.8) is 0 Å². The average Bonchev–Trinajstić information content (AvgIpc) is 3.96. The molecule has 0 aliphatic carbocycles. The van der Waals surface area contributed by atoms with E-state index in [0.29, 0.717) is 0 Å². The molecule has 0 unspecified atom stereocenters. The van der Waals surface area contributed by atoms with E-state index in [1.807, 2.05) is 12.1 Å². The van der Waals surface area contributed by atoms with Gasteiger partial charge >= 0.3 is 0 Å². The molecule has 0 saturated heterocycles. The molecule has 0 N–H and O–H groups in total. The maximum absolute atomic E-state index is 7.08. The Morgan fingerprint density at radius 1 is 0.333 bits per heavy atom. The molecule has 14 aromatic rings. The van der Waals surface area contributed by atoms with E-state index in [1.54, 1.807) is 0 Å². The Labute approximate surface area is 377 Å². The van der Waals surface area contributed by atoms with Crippen LogP contribution in [-0.4, -0.2) is 9.38 Å². The summed E-state index contributed by atoms with van der Waals surface area (Å²) in [6.07, 6.45) is 0. The molecule has 306 valence electrons. The number of nitrogens with zero attached hydrogens (tertiary/aromatic N) is 3. The fourth-order valence-electron chi connectivity index (χ4n) is 10.9. The molecule has 5 nitrogen and oxygen atoms in total. The predicted molar refractivity (Wildman–Crippen MR) is 273 cm³/mol. The lowest BCUT2D eigenvalue weighted by Crippen LogP contribution is -2.16. The van der Waals surface area contributed by atoms with Crippen LogP contribution in [0.1, 0.15) is 0 Å². The van der Waals surface area contributed by atoms with Crippen LogP contribution in [0.3, 0.4) is 0 Å². The van der Waals surface area contributed by atoms with Gasteiger partial charge in [-0.3, -0.25) is 4.40 Å². The standard InChI is InChI=1S/C61H35N3O2/c1-2-12-40(13-3-1)63-55-29-25-39(38-23-27-46-45-17-7-11-21-57(45)65-58(46)32-38)33-59(55)66-60-35-51-48-30-36(22-26-43(48)41-14-4-5-15-42(41)50(51)34-56(60)63)37-24-28-47-49(31-37)44-16-6-9-19-53(44)64-54-20-10-8-18-52(54)62-61(47)64/h1-35H. The Morgan fingerprint density at radius 3 is 1.71 bits per heavy atom. The summed E-state index contributed by atoms with van der Waals surface area (Å²) in [5.41, 5.74) is 13.5. The van der Waals surface area contributed by atoms with Gasteiger partial charge in [-0.05, 0) is 151 Å². The van der Waals surface area contributed by atoms with Gasteiger partial charge in [0.05, 0.1) is 27.9 Å². The van der Waals surface area contributed by atoms with Gasteiger partial charge in [-0.2, -0.15) is 0 Å². The molecule has 3 aromatic heterocycles. The van der Waals surface area contributed by atoms with Crippen LogP contribution < -0.4 is 9.64 Å². The van der Waals surface area contributed by atoms with Gasteiger partial charge in [-0.1, -0.05) is 121 Å². The van der Waals surface area contributed by atoms with Crippen molar-refractivity contribution in [3.05, 3.63) is 212 Å². The molecule has 4 heterocycles. The Hall–Kier alpha value is -8.93. The quantitative estimate of drug-likeness (QED) is 0.166. The maximum Gasteiger partial charge on any atom is 0.152 e. The number of para-hydroxylation sites is 5. The van der Waals surface area contributed by atoms with Gasteiger partial charge in [0.2, 0.25) is 0 Å². The molecule has 0 amide bonds. The van der Waals surface area contributed by atoms with Crippen LogP contribution >= 0.6 is 0 Å². The van der Waals surface area contributed by atoms with E-state index in [0.717, 1.165) is 106 Å². The number of ether oxygens (including phenoxy) is 1. The Bertz CT molecular complexity index is 4390. The molecule has 0 bridgehead atoms. The summed E-state index contributed by atoms with van der Waals surface area (Å²) in [6.45, 7) is 0. The lowest BCUT2D eigenvalue weighted by atomic mass is 9.90. The van der Waals surface area contributed by atoms with Gasteiger partial charge in [-0.25, -0.2) is 4.98 Å². The van der Waals surface area contributed by atoms with E-state index >= 15 is 0 Å². The van der Waals surface area contributed by atoms with Crippen LogP contribution in [0.4, 0.5) is 17.1 Å². The number of furan rings is 1. The highest BCUT2D eigenvalue weighted by Crippen LogP contribution is 2.54. The molecule has 0 spiro atoms. The summed E-state index contributed by atoms with van der Waals surface area (Å²) in [4.78, 5) is 7.50. The molecule has 0 fully saturated rings. The number of pyridine rings is 1. The summed E-state index contributed by atoms with van der Waals surface area (Å²) in [7, 11) is 0. The molecule has 1 aliphatic heterocycles. The van der Waals surface area contributed by atoms with Crippen LogP contribution in [0.25, 0.3) is 115 Å². The first-order valence-corrected chi connectivity index (χ1v) is 22.4. The number of hydrogen-bond acceptors (Lipinski definition) is 4. The van der Waals surface area contributed by atoms with E-state index < -0.39 is 0 Å². The second-order valence-corrected chi connectivity index (χ2v) is 17.5. The lowest BCUT2D eigenvalue weighted by Gasteiger charge is -2.33. The van der Waals surface area contributed by atoms with Crippen molar-refractivity contribution in [1.82, 2.24) is 9.38 Å². The third-order valence-corrected chi connectivity index (χ3v) is 13.9. The molecule has 0 saturated carbocycles. The highest BCUT2D eigenvalue weighted by molar-refractivity contribution is 6.27. The third-order valence-electron chi connectivity index (χ3n) is 13.9. The van der Waals surface area contributed by atoms with Crippen molar-refractivity contribution in [2.24, 2.45) is 0 Å². The minimum absolute atomic E-state index is 0.793. The van der Waals surface area contributed by atoms with Crippen molar-refractivity contribution >= 4 is 110 Å². The Morgan fingerprint density at radius 2 is 0.879 bits per heavy atom. The van der Waals surface area contributed by atoms with Crippen LogP contribution in [0.5, 0.6) is 11.5 Å². The Balaban J connectivity index is 0.927. The minimum atomic E-state index is 0.793. The number of imidazole rings is 1. The summed E-state index contributed by atoms with van der Waals surface area (Å²) < 4.78 is 15.7. The highest BCUT2D eigenvalue weighted by atomic mass is 16.5. The molecule has 11 aromatic carbocycles. The van der Waals surface area contributed by atoms with Crippen LogP contribution in [0.15, 0.2) is 217 Å².